The van der Waals surface area contributed by atoms with E-state index in [-0.39, 0.29) is 11.4 Å². The van der Waals surface area contributed by atoms with E-state index < -0.39 is 0 Å². The van der Waals surface area contributed by atoms with E-state index in [1.165, 1.54) is 0 Å². The molecule has 0 bridgehead atoms. The third-order valence-electron chi connectivity index (χ3n) is 2.63. The van der Waals surface area contributed by atoms with E-state index >= 15 is 0 Å². The second-order valence-electron chi connectivity index (χ2n) is 5.31. The van der Waals surface area contributed by atoms with Crippen LogP contribution in [0.4, 0.5) is 5.95 Å². The van der Waals surface area contributed by atoms with Crippen LogP contribution in [0.25, 0.3) is 0 Å². The Morgan fingerprint density at radius 2 is 2.00 bits per heavy atom. The van der Waals surface area contributed by atoms with E-state index in [1.807, 2.05) is 0 Å². The molecule has 0 fully saturated rings. The Balaban J connectivity index is 2.21. The van der Waals surface area contributed by atoms with Gasteiger partial charge in [-0.1, -0.05) is 20.8 Å². The highest BCUT2D eigenvalue weighted by Gasteiger charge is 2.17. The van der Waals surface area contributed by atoms with Gasteiger partial charge in [0.2, 0.25) is 11.8 Å². The summed E-state index contributed by atoms with van der Waals surface area (Å²) in [5.41, 5.74) is 7.63. The number of anilines is 1. The molecule has 0 radical (unpaired) electrons. The average molecular weight is 278 g/mol. The minimum Gasteiger partial charge on any atom is -0.481 e. The minimum atomic E-state index is 0.0666. The van der Waals surface area contributed by atoms with Crippen LogP contribution in [0.2, 0.25) is 0 Å². The Morgan fingerprint density at radius 3 is 2.58 bits per heavy atom. The standard InChI is InChI=1S/C13H18N4OS/c1-13(2,3)9-7-19-11(16-9)6-8-5-10(18-4)17-12(14)15-8/h5,7H,6H2,1-4H3,(H2,14,15,17). The lowest BCUT2D eigenvalue weighted by Gasteiger charge is -2.14. The van der Waals surface area contributed by atoms with E-state index in [4.69, 9.17) is 10.5 Å². The van der Waals surface area contributed by atoms with Gasteiger partial charge in [-0.2, -0.15) is 4.98 Å². The molecule has 0 spiro atoms. The smallest absolute Gasteiger partial charge is 0.223 e. The summed E-state index contributed by atoms with van der Waals surface area (Å²) in [6, 6.07) is 1.79. The van der Waals surface area contributed by atoms with Gasteiger partial charge in [-0.15, -0.1) is 11.3 Å². The second kappa shape index (κ2) is 5.13. The third kappa shape index (κ3) is 3.41. The summed E-state index contributed by atoms with van der Waals surface area (Å²) in [7, 11) is 1.56. The predicted molar refractivity (Wildman–Crippen MR) is 76.6 cm³/mol. The zero-order valence-corrected chi connectivity index (χ0v) is 12.4. The highest BCUT2D eigenvalue weighted by atomic mass is 32.1. The lowest BCUT2D eigenvalue weighted by molar-refractivity contribution is 0.397. The van der Waals surface area contributed by atoms with Crippen LogP contribution in [0.3, 0.4) is 0 Å². The van der Waals surface area contributed by atoms with Crippen LogP contribution >= 0.6 is 11.3 Å². The van der Waals surface area contributed by atoms with Crippen molar-refractivity contribution in [1.82, 2.24) is 15.0 Å². The number of nitrogen functional groups attached to an aromatic ring is 1. The average Bonchev–Trinajstić information content (AvgIpc) is 2.76. The van der Waals surface area contributed by atoms with Crippen LogP contribution < -0.4 is 10.5 Å². The number of hydrogen-bond acceptors (Lipinski definition) is 6. The van der Waals surface area contributed by atoms with Gasteiger partial charge in [0, 0.05) is 23.3 Å². The highest BCUT2D eigenvalue weighted by Crippen LogP contribution is 2.25. The van der Waals surface area contributed by atoms with Crippen LogP contribution in [-0.2, 0) is 11.8 Å². The molecule has 0 saturated carbocycles. The van der Waals surface area contributed by atoms with Crippen LogP contribution in [0.5, 0.6) is 5.88 Å². The van der Waals surface area contributed by atoms with E-state index in [9.17, 15) is 0 Å². The molecule has 0 aliphatic carbocycles. The summed E-state index contributed by atoms with van der Waals surface area (Å²) in [4.78, 5) is 12.8. The molecule has 0 aliphatic rings. The van der Waals surface area contributed by atoms with E-state index in [0.717, 1.165) is 16.4 Å². The maximum Gasteiger partial charge on any atom is 0.223 e. The lowest BCUT2D eigenvalue weighted by Crippen LogP contribution is -2.11. The number of aromatic nitrogens is 3. The maximum absolute atomic E-state index is 5.64. The van der Waals surface area contributed by atoms with Gasteiger partial charge in [0.1, 0.15) is 0 Å². The lowest BCUT2D eigenvalue weighted by atomic mass is 9.93. The van der Waals surface area contributed by atoms with Crippen LogP contribution in [0, 0.1) is 0 Å². The Kier molecular flexibility index (Phi) is 3.71. The Morgan fingerprint density at radius 1 is 1.26 bits per heavy atom. The molecule has 2 rings (SSSR count). The largest absolute Gasteiger partial charge is 0.481 e. The number of rotatable bonds is 3. The second-order valence-corrected chi connectivity index (χ2v) is 6.26. The summed E-state index contributed by atoms with van der Waals surface area (Å²) in [6.45, 7) is 6.45. The molecule has 2 heterocycles. The van der Waals surface area contributed by atoms with Gasteiger partial charge in [-0.25, -0.2) is 9.97 Å². The molecular formula is C13H18N4OS. The minimum absolute atomic E-state index is 0.0666. The molecule has 0 aromatic carbocycles. The molecule has 2 N–H and O–H groups in total. The molecule has 0 saturated heterocycles. The third-order valence-corrected chi connectivity index (χ3v) is 3.48. The first kappa shape index (κ1) is 13.7. The van der Waals surface area contributed by atoms with Crippen molar-refractivity contribution in [2.45, 2.75) is 32.6 Å². The van der Waals surface area contributed by atoms with Gasteiger partial charge >= 0.3 is 0 Å². The Labute approximate surface area is 116 Å². The van der Waals surface area contributed by atoms with Crippen molar-refractivity contribution >= 4 is 17.3 Å². The van der Waals surface area contributed by atoms with Crippen LogP contribution in [0.15, 0.2) is 11.4 Å². The van der Waals surface area contributed by atoms with Gasteiger partial charge in [-0.3, -0.25) is 0 Å². The first-order valence-corrected chi connectivity index (χ1v) is 6.89. The Bertz CT molecular complexity index is 574. The summed E-state index contributed by atoms with van der Waals surface area (Å²) in [6.07, 6.45) is 0.643. The van der Waals surface area contributed by atoms with E-state index in [0.29, 0.717) is 12.3 Å². The summed E-state index contributed by atoms with van der Waals surface area (Å²) in [5.74, 6) is 0.706. The number of hydrogen-bond donors (Lipinski definition) is 1. The molecule has 2 aromatic heterocycles. The molecule has 19 heavy (non-hydrogen) atoms. The molecule has 0 aliphatic heterocycles. The van der Waals surface area contributed by atoms with Crippen molar-refractivity contribution in [3.8, 4) is 5.88 Å². The predicted octanol–water partition coefficient (Wildman–Crippen LogP) is 2.41. The molecule has 102 valence electrons. The molecular weight excluding hydrogens is 260 g/mol. The molecule has 5 nitrogen and oxygen atoms in total. The van der Waals surface area contributed by atoms with E-state index in [2.05, 4.69) is 41.1 Å². The fourth-order valence-corrected chi connectivity index (χ4v) is 2.61. The van der Waals surface area contributed by atoms with Gasteiger partial charge in [0.25, 0.3) is 0 Å². The summed E-state index contributed by atoms with van der Waals surface area (Å²) >= 11 is 1.64. The Hall–Kier alpha value is -1.69. The molecule has 0 unspecified atom stereocenters. The SMILES string of the molecule is COc1cc(Cc2nc(C(C)(C)C)cs2)nc(N)n1. The number of methoxy groups -OCH3 is 1. The zero-order chi connectivity index (χ0) is 14.0. The number of thiazole rings is 1. The van der Waals surface area contributed by atoms with Crippen molar-refractivity contribution in [3.05, 3.63) is 27.8 Å². The van der Waals surface area contributed by atoms with Gasteiger partial charge < -0.3 is 10.5 Å². The van der Waals surface area contributed by atoms with Gasteiger partial charge in [0.05, 0.1) is 23.5 Å². The highest BCUT2D eigenvalue weighted by molar-refractivity contribution is 7.09. The van der Waals surface area contributed by atoms with Crippen molar-refractivity contribution < 1.29 is 4.74 Å². The number of nitrogens with zero attached hydrogens (tertiary/aromatic N) is 3. The fraction of sp³-hybridized carbons (Fsp3) is 0.462. The molecule has 0 atom stereocenters. The maximum atomic E-state index is 5.64. The van der Waals surface area contributed by atoms with Crippen molar-refractivity contribution in [2.75, 3.05) is 12.8 Å². The van der Waals surface area contributed by atoms with Crippen molar-refractivity contribution in [2.24, 2.45) is 0 Å². The first-order chi connectivity index (χ1) is 8.88. The van der Waals surface area contributed by atoms with Crippen LogP contribution in [0.1, 0.15) is 37.2 Å². The van der Waals surface area contributed by atoms with Crippen molar-refractivity contribution in [3.63, 3.8) is 0 Å². The zero-order valence-electron chi connectivity index (χ0n) is 11.6. The van der Waals surface area contributed by atoms with Gasteiger partial charge in [-0.05, 0) is 0 Å². The quantitative estimate of drug-likeness (QED) is 0.933. The topological polar surface area (TPSA) is 73.9 Å². The van der Waals surface area contributed by atoms with Gasteiger partial charge in [0.15, 0.2) is 0 Å². The number of ether oxygens (including phenoxy) is 1. The van der Waals surface area contributed by atoms with E-state index in [1.54, 1.807) is 24.5 Å². The number of nitrogens with two attached hydrogens (primary N) is 1. The molecule has 2 aromatic rings. The molecule has 0 amide bonds. The summed E-state index contributed by atoms with van der Waals surface area (Å²) < 4.78 is 5.08. The van der Waals surface area contributed by atoms with Crippen LogP contribution in [-0.4, -0.2) is 22.1 Å². The normalized spacial score (nSPS) is 11.6. The monoisotopic (exact) mass is 278 g/mol. The first-order valence-electron chi connectivity index (χ1n) is 6.01. The summed E-state index contributed by atoms with van der Waals surface area (Å²) in [5, 5.41) is 3.11. The fourth-order valence-electron chi connectivity index (χ4n) is 1.58. The molecule has 6 heteroatoms. The van der Waals surface area contributed by atoms with Crippen molar-refractivity contribution in [1.29, 1.82) is 0 Å².